The lowest BCUT2D eigenvalue weighted by Gasteiger charge is -1.99. The number of thiazole rings is 1. The summed E-state index contributed by atoms with van der Waals surface area (Å²) in [6, 6.07) is 20.5. The van der Waals surface area contributed by atoms with E-state index in [0.717, 1.165) is 22.0 Å². The van der Waals surface area contributed by atoms with Gasteiger partial charge in [0.25, 0.3) is 0 Å². The van der Waals surface area contributed by atoms with Crippen molar-refractivity contribution in [3.05, 3.63) is 72.2 Å². The second-order valence-corrected chi connectivity index (χ2v) is 6.70. The van der Waals surface area contributed by atoms with Crippen molar-refractivity contribution in [2.75, 3.05) is 0 Å². The fourth-order valence-corrected chi connectivity index (χ4v) is 4.20. The minimum Gasteiger partial charge on any atom is -0.254 e. The van der Waals surface area contributed by atoms with Crippen LogP contribution in [0.4, 0.5) is 0 Å². The quantitative estimate of drug-likeness (QED) is 0.491. The molecule has 1 aromatic carbocycles. The van der Waals surface area contributed by atoms with E-state index in [1.54, 1.807) is 22.7 Å². The van der Waals surface area contributed by atoms with Gasteiger partial charge in [0.2, 0.25) is 0 Å². The number of benzene rings is 1. The van der Waals surface area contributed by atoms with E-state index >= 15 is 0 Å². The van der Waals surface area contributed by atoms with Gasteiger partial charge in [0.15, 0.2) is 0 Å². The van der Waals surface area contributed by atoms with Crippen LogP contribution in [0.25, 0.3) is 31.7 Å². The SMILES string of the molecule is c1ccc(-c2nc(-c3ccccn3)sc2-c2cccs2)cc1. The van der Waals surface area contributed by atoms with Crippen LogP contribution < -0.4 is 0 Å². The lowest BCUT2D eigenvalue weighted by atomic mass is 10.1. The van der Waals surface area contributed by atoms with Gasteiger partial charge in [-0.25, -0.2) is 4.98 Å². The molecule has 0 amide bonds. The van der Waals surface area contributed by atoms with Gasteiger partial charge in [-0.1, -0.05) is 42.5 Å². The topological polar surface area (TPSA) is 25.8 Å². The first-order chi connectivity index (χ1) is 10.9. The Labute approximate surface area is 136 Å². The summed E-state index contributed by atoms with van der Waals surface area (Å²) in [5.74, 6) is 0. The molecule has 0 fully saturated rings. The molecule has 0 aliphatic heterocycles. The van der Waals surface area contributed by atoms with E-state index in [0.29, 0.717) is 0 Å². The fraction of sp³-hybridized carbons (Fsp3) is 0. The molecular weight excluding hydrogens is 308 g/mol. The number of hydrogen-bond acceptors (Lipinski definition) is 4. The van der Waals surface area contributed by atoms with Gasteiger partial charge in [-0.3, -0.25) is 4.98 Å². The average molecular weight is 320 g/mol. The minimum absolute atomic E-state index is 0.924. The van der Waals surface area contributed by atoms with Gasteiger partial charge in [-0.15, -0.1) is 22.7 Å². The van der Waals surface area contributed by atoms with Crippen LogP contribution in [-0.2, 0) is 0 Å². The smallest absolute Gasteiger partial charge is 0.143 e. The zero-order chi connectivity index (χ0) is 14.8. The molecule has 0 radical (unpaired) electrons. The maximum atomic E-state index is 4.87. The van der Waals surface area contributed by atoms with E-state index in [9.17, 15) is 0 Å². The predicted octanol–water partition coefficient (Wildman–Crippen LogP) is 5.60. The summed E-state index contributed by atoms with van der Waals surface area (Å²) in [7, 11) is 0. The number of nitrogens with zero attached hydrogens (tertiary/aromatic N) is 2. The third-order valence-electron chi connectivity index (χ3n) is 3.30. The molecule has 22 heavy (non-hydrogen) atoms. The highest BCUT2D eigenvalue weighted by Crippen LogP contribution is 2.41. The van der Waals surface area contributed by atoms with Crippen LogP contribution in [0.3, 0.4) is 0 Å². The molecule has 3 heterocycles. The molecule has 0 atom stereocenters. The highest BCUT2D eigenvalue weighted by Gasteiger charge is 2.16. The normalized spacial score (nSPS) is 10.7. The molecule has 0 N–H and O–H groups in total. The molecule has 0 saturated carbocycles. The van der Waals surface area contributed by atoms with Crippen molar-refractivity contribution in [2.45, 2.75) is 0 Å². The van der Waals surface area contributed by atoms with Crippen molar-refractivity contribution in [1.29, 1.82) is 0 Å². The molecule has 0 aliphatic carbocycles. The molecular formula is C18H12N2S2. The van der Waals surface area contributed by atoms with Crippen LogP contribution in [0.1, 0.15) is 0 Å². The van der Waals surface area contributed by atoms with E-state index in [1.165, 1.54) is 9.75 Å². The van der Waals surface area contributed by atoms with Gasteiger partial charge in [-0.05, 0) is 23.6 Å². The zero-order valence-corrected chi connectivity index (χ0v) is 13.3. The molecule has 0 spiro atoms. The summed E-state index contributed by atoms with van der Waals surface area (Å²) in [4.78, 5) is 11.8. The zero-order valence-electron chi connectivity index (χ0n) is 11.6. The Balaban J connectivity index is 1.91. The van der Waals surface area contributed by atoms with Gasteiger partial charge in [0.05, 0.1) is 16.3 Å². The van der Waals surface area contributed by atoms with Crippen LogP contribution in [-0.4, -0.2) is 9.97 Å². The van der Waals surface area contributed by atoms with Gasteiger partial charge < -0.3 is 0 Å². The molecule has 4 aromatic rings. The van der Waals surface area contributed by atoms with Crippen LogP contribution in [0, 0.1) is 0 Å². The van der Waals surface area contributed by atoms with Crippen molar-refractivity contribution in [2.24, 2.45) is 0 Å². The number of thiophene rings is 1. The van der Waals surface area contributed by atoms with E-state index in [2.05, 4.69) is 34.6 Å². The summed E-state index contributed by atoms with van der Waals surface area (Å²) >= 11 is 3.45. The Kier molecular flexibility index (Phi) is 3.54. The number of rotatable bonds is 3. The Bertz CT molecular complexity index is 866. The van der Waals surface area contributed by atoms with Crippen molar-refractivity contribution in [1.82, 2.24) is 9.97 Å². The Morgan fingerprint density at radius 3 is 2.41 bits per heavy atom. The van der Waals surface area contributed by atoms with Crippen molar-refractivity contribution in [3.8, 4) is 31.7 Å². The summed E-state index contributed by atoms with van der Waals surface area (Å²) in [5, 5.41) is 3.06. The van der Waals surface area contributed by atoms with Gasteiger partial charge in [0, 0.05) is 16.6 Å². The highest BCUT2D eigenvalue weighted by atomic mass is 32.1. The van der Waals surface area contributed by atoms with Crippen LogP contribution in [0.5, 0.6) is 0 Å². The lowest BCUT2D eigenvalue weighted by molar-refractivity contribution is 1.29. The van der Waals surface area contributed by atoms with Gasteiger partial charge >= 0.3 is 0 Å². The molecule has 0 unspecified atom stereocenters. The maximum absolute atomic E-state index is 4.87. The van der Waals surface area contributed by atoms with Gasteiger partial charge in [-0.2, -0.15) is 0 Å². The third kappa shape index (κ3) is 2.47. The maximum Gasteiger partial charge on any atom is 0.143 e. The minimum atomic E-state index is 0.924. The molecule has 0 aliphatic rings. The molecule has 106 valence electrons. The van der Waals surface area contributed by atoms with Crippen LogP contribution in [0.2, 0.25) is 0 Å². The van der Waals surface area contributed by atoms with Crippen molar-refractivity contribution in [3.63, 3.8) is 0 Å². The molecule has 0 bridgehead atoms. The van der Waals surface area contributed by atoms with E-state index in [1.807, 2.05) is 42.6 Å². The largest absolute Gasteiger partial charge is 0.254 e. The van der Waals surface area contributed by atoms with E-state index < -0.39 is 0 Å². The summed E-state index contributed by atoms with van der Waals surface area (Å²) in [5.41, 5.74) is 3.10. The molecule has 0 saturated heterocycles. The first-order valence-electron chi connectivity index (χ1n) is 6.93. The first kappa shape index (κ1) is 13.4. The molecule has 2 nitrogen and oxygen atoms in total. The van der Waals surface area contributed by atoms with Crippen LogP contribution in [0.15, 0.2) is 72.2 Å². The van der Waals surface area contributed by atoms with Crippen LogP contribution >= 0.6 is 22.7 Å². The second kappa shape index (κ2) is 5.83. The Hall–Kier alpha value is -2.30. The molecule has 4 heteroatoms. The summed E-state index contributed by atoms with van der Waals surface area (Å²) in [6.07, 6.45) is 1.81. The lowest BCUT2D eigenvalue weighted by Crippen LogP contribution is -1.82. The number of pyridine rings is 1. The monoisotopic (exact) mass is 320 g/mol. The Morgan fingerprint density at radius 1 is 0.818 bits per heavy atom. The second-order valence-electron chi connectivity index (χ2n) is 4.76. The Morgan fingerprint density at radius 2 is 1.68 bits per heavy atom. The molecule has 3 aromatic heterocycles. The highest BCUT2D eigenvalue weighted by molar-refractivity contribution is 7.23. The number of aromatic nitrogens is 2. The van der Waals surface area contributed by atoms with Crippen molar-refractivity contribution < 1.29 is 0 Å². The van der Waals surface area contributed by atoms with E-state index in [-0.39, 0.29) is 0 Å². The van der Waals surface area contributed by atoms with E-state index in [4.69, 9.17) is 4.98 Å². The van der Waals surface area contributed by atoms with Gasteiger partial charge in [0.1, 0.15) is 5.01 Å². The summed E-state index contributed by atoms with van der Waals surface area (Å²) in [6.45, 7) is 0. The first-order valence-corrected chi connectivity index (χ1v) is 8.63. The fourth-order valence-electron chi connectivity index (χ4n) is 2.29. The average Bonchev–Trinajstić information content (AvgIpc) is 3.26. The van der Waals surface area contributed by atoms with Crippen molar-refractivity contribution >= 4 is 22.7 Å². The predicted molar refractivity (Wildman–Crippen MR) is 94.1 cm³/mol. The number of hydrogen-bond donors (Lipinski definition) is 0. The third-order valence-corrected chi connectivity index (χ3v) is 5.43. The standard InChI is InChI=1S/C18H12N2S2/c1-2-7-13(8-3-1)16-17(15-10-6-12-21-15)22-18(20-16)14-9-4-5-11-19-14/h1-12H. The molecule has 4 rings (SSSR count). The summed E-state index contributed by atoms with van der Waals surface area (Å²) < 4.78 is 0.